The molecule has 0 spiro atoms. The first kappa shape index (κ1) is 19.9. The van der Waals surface area contributed by atoms with E-state index in [0.717, 1.165) is 11.3 Å². The fourth-order valence-electron chi connectivity index (χ4n) is 3.51. The van der Waals surface area contributed by atoms with Crippen LogP contribution in [0.3, 0.4) is 0 Å². The molecule has 6 heteroatoms. The summed E-state index contributed by atoms with van der Waals surface area (Å²) in [5, 5.41) is 5.74. The Morgan fingerprint density at radius 1 is 1.00 bits per heavy atom. The molecule has 0 atom stereocenters. The van der Waals surface area contributed by atoms with Crippen molar-refractivity contribution in [3.05, 3.63) is 59.9 Å². The van der Waals surface area contributed by atoms with Gasteiger partial charge in [0.15, 0.2) is 0 Å². The maximum absolute atomic E-state index is 13.2. The lowest BCUT2D eigenvalue weighted by Crippen LogP contribution is -2.35. The summed E-state index contributed by atoms with van der Waals surface area (Å²) in [5.41, 5.74) is 1.47. The van der Waals surface area contributed by atoms with Gasteiger partial charge in [-0.3, -0.25) is 9.59 Å². The Bertz CT molecular complexity index is 815. The van der Waals surface area contributed by atoms with Crippen LogP contribution in [-0.2, 0) is 16.1 Å². The largest absolute Gasteiger partial charge is 0.497 e. The predicted octanol–water partition coefficient (Wildman–Crippen LogP) is 3.90. The Morgan fingerprint density at radius 2 is 1.64 bits per heavy atom. The molecule has 0 saturated heterocycles. The monoisotopic (exact) mass is 384 g/mol. The number of nitrogens with one attached hydrogen (secondary N) is 2. The van der Waals surface area contributed by atoms with Crippen molar-refractivity contribution in [3.8, 4) is 5.75 Å². The van der Waals surface area contributed by atoms with Crippen molar-refractivity contribution in [1.29, 1.82) is 0 Å². The van der Waals surface area contributed by atoms with Gasteiger partial charge >= 0.3 is 0 Å². The first-order valence-corrected chi connectivity index (χ1v) is 9.52. The van der Waals surface area contributed by atoms with Crippen molar-refractivity contribution in [2.45, 2.75) is 32.2 Å². The standard InChI is InChI=1S/C22H25FN2O3/c1-28-20-11-5-15(6-12-20)14-24-21(26)16-7-9-17(10-8-16)22(27)25-19-4-2-3-18(23)13-19/h2-6,11-13,16-17H,7-10,14H2,1H3,(H,24,26)(H,25,27). The number of methoxy groups -OCH3 is 1. The molecule has 0 aromatic heterocycles. The second-order valence-electron chi connectivity index (χ2n) is 7.11. The minimum absolute atomic E-state index is 0.0276. The number of rotatable bonds is 6. The second-order valence-corrected chi connectivity index (χ2v) is 7.11. The van der Waals surface area contributed by atoms with E-state index in [2.05, 4.69) is 10.6 Å². The summed E-state index contributed by atoms with van der Waals surface area (Å²) >= 11 is 0. The molecule has 0 heterocycles. The number of amides is 2. The highest BCUT2D eigenvalue weighted by Crippen LogP contribution is 2.30. The van der Waals surface area contributed by atoms with E-state index in [1.165, 1.54) is 12.1 Å². The van der Waals surface area contributed by atoms with Crippen LogP contribution < -0.4 is 15.4 Å². The zero-order valence-electron chi connectivity index (χ0n) is 15.9. The molecule has 148 valence electrons. The third kappa shape index (κ3) is 5.31. The van der Waals surface area contributed by atoms with Crippen LogP contribution in [0.5, 0.6) is 5.75 Å². The van der Waals surface area contributed by atoms with E-state index in [9.17, 15) is 14.0 Å². The molecule has 2 amide bonds. The smallest absolute Gasteiger partial charge is 0.227 e. The number of benzene rings is 2. The molecule has 1 aliphatic rings. The first-order valence-electron chi connectivity index (χ1n) is 9.52. The molecule has 2 aromatic rings. The van der Waals surface area contributed by atoms with Gasteiger partial charge < -0.3 is 15.4 Å². The summed E-state index contributed by atoms with van der Waals surface area (Å²) in [6.07, 6.45) is 2.66. The quantitative estimate of drug-likeness (QED) is 0.794. The van der Waals surface area contributed by atoms with Crippen LogP contribution in [0, 0.1) is 17.7 Å². The van der Waals surface area contributed by atoms with Crippen LogP contribution in [-0.4, -0.2) is 18.9 Å². The molecule has 1 aliphatic carbocycles. The van der Waals surface area contributed by atoms with E-state index in [1.807, 2.05) is 24.3 Å². The lowest BCUT2D eigenvalue weighted by Gasteiger charge is -2.27. The SMILES string of the molecule is COc1ccc(CNC(=O)C2CCC(C(=O)Nc3cccc(F)c3)CC2)cc1. The molecule has 2 aromatic carbocycles. The highest BCUT2D eigenvalue weighted by molar-refractivity contribution is 5.92. The number of ether oxygens (including phenoxy) is 1. The molecular formula is C22H25FN2O3. The molecule has 28 heavy (non-hydrogen) atoms. The van der Waals surface area contributed by atoms with Gasteiger partial charge in [-0.25, -0.2) is 4.39 Å². The van der Waals surface area contributed by atoms with Crippen molar-refractivity contribution in [3.63, 3.8) is 0 Å². The number of hydrogen-bond acceptors (Lipinski definition) is 3. The number of carbonyl (C=O) groups is 2. The van der Waals surface area contributed by atoms with Gasteiger partial charge in [0.05, 0.1) is 7.11 Å². The number of anilines is 1. The van der Waals surface area contributed by atoms with Crippen LogP contribution in [0.25, 0.3) is 0 Å². The normalized spacial score (nSPS) is 18.9. The minimum Gasteiger partial charge on any atom is -0.497 e. The van der Waals surface area contributed by atoms with Gasteiger partial charge in [-0.05, 0) is 61.6 Å². The van der Waals surface area contributed by atoms with E-state index in [0.29, 0.717) is 37.9 Å². The van der Waals surface area contributed by atoms with Crippen molar-refractivity contribution in [1.82, 2.24) is 5.32 Å². The molecule has 2 N–H and O–H groups in total. The van der Waals surface area contributed by atoms with Gasteiger partial charge in [0, 0.05) is 24.1 Å². The average Bonchev–Trinajstić information content (AvgIpc) is 2.72. The lowest BCUT2D eigenvalue weighted by atomic mass is 9.81. The molecule has 0 unspecified atom stereocenters. The summed E-state index contributed by atoms with van der Waals surface area (Å²) in [6, 6.07) is 13.4. The van der Waals surface area contributed by atoms with Gasteiger partial charge in [-0.2, -0.15) is 0 Å². The third-order valence-corrected chi connectivity index (χ3v) is 5.19. The van der Waals surface area contributed by atoms with Crippen LogP contribution in [0.4, 0.5) is 10.1 Å². The Balaban J connectivity index is 1.43. The van der Waals surface area contributed by atoms with Gasteiger partial charge in [0.2, 0.25) is 11.8 Å². The fraction of sp³-hybridized carbons (Fsp3) is 0.364. The van der Waals surface area contributed by atoms with E-state index < -0.39 is 0 Å². The number of hydrogen-bond donors (Lipinski definition) is 2. The lowest BCUT2D eigenvalue weighted by molar-refractivity contribution is -0.128. The van der Waals surface area contributed by atoms with Gasteiger partial charge in [-0.15, -0.1) is 0 Å². The Morgan fingerprint density at radius 3 is 2.25 bits per heavy atom. The van der Waals surface area contributed by atoms with Crippen molar-refractivity contribution in [2.24, 2.45) is 11.8 Å². The first-order chi connectivity index (χ1) is 13.5. The zero-order chi connectivity index (χ0) is 19.9. The minimum atomic E-state index is -0.380. The molecule has 1 fully saturated rings. The van der Waals surface area contributed by atoms with Gasteiger partial charge in [0.1, 0.15) is 11.6 Å². The molecule has 5 nitrogen and oxygen atoms in total. The van der Waals surface area contributed by atoms with Crippen LogP contribution in [0.1, 0.15) is 31.2 Å². The van der Waals surface area contributed by atoms with E-state index in [4.69, 9.17) is 4.74 Å². The van der Waals surface area contributed by atoms with Crippen molar-refractivity contribution >= 4 is 17.5 Å². The molecular weight excluding hydrogens is 359 g/mol. The van der Waals surface area contributed by atoms with E-state index in [1.54, 1.807) is 19.2 Å². The van der Waals surface area contributed by atoms with Crippen molar-refractivity contribution in [2.75, 3.05) is 12.4 Å². The van der Waals surface area contributed by atoms with Crippen LogP contribution in [0.2, 0.25) is 0 Å². The highest BCUT2D eigenvalue weighted by atomic mass is 19.1. The molecule has 0 bridgehead atoms. The number of carbonyl (C=O) groups excluding carboxylic acids is 2. The summed E-state index contributed by atoms with van der Waals surface area (Å²) in [5.74, 6) is 0.104. The molecule has 0 radical (unpaired) electrons. The maximum Gasteiger partial charge on any atom is 0.227 e. The maximum atomic E-state index is 13.2. The zero-order valence-corrected chi connectivity index (χ0v) is 15.9. The molecule has 1 saturated carbocycles. The van der Waals surface area contributed by atoms with E-state index >= 15 is 0 Å². The van der Waals surface area contributed by atoms with Gasteiger partial charge in [0.25, 0.3) is 0 Å². The molecule has 0 aliphatic heterocycles. The summed E-state index contributed by atoms with van der Waals surface area (Å²) in [7, 11) is 1.62. The third-order valence-electron chi connectivity index (χ3n) is 5.19. The van der Waals surface area contributed by atoms with Gasteiger partial charge in [-0.1, -0.05) is 18.2 Å². The summed E-state index contributed by atoms with van der Waals surface area (Å²) in [4.78, 5) is 24.8. The average molecular weight is 384 g/mol. The topological polar surface area (TPSA) is 67.4 Å². The number of halogens is 1. The van der Waals surface area contributed by atoms with Crippen LogP contribution in [0.15, 0.2) is 48.5 Å². The predicted molar refractivity (Wildman–Crippen MR) is 105 cm³/mol. The van der Waals surface area contributed by atoms with Crippen LogP contribution >= 0.6 is 0 Å². The van der Waals surface area contributed by atoms with E-state index in [-0.39, 0.29) is 29.5 Å². The summed E-state index contributed by atoms with van der Waals surface area (Å²) in [6.45, 7) is 0.475. The highest BCUT2D eigenvalue weighted by Gasteiger charge is 2.29. The molecule has 3 rings (SSSR count). The Hall–Kier alpha value is -2.89. The Labute approximate surface area is 164 Å². The summed E-state index contributed by atoms with van der Waals surface area (Å²) < 4.78 is 18.4. The van der Waals surface area contributed by atoms with Crippen molar-refractivity contribution < 1.29 is 18.7 Å². The fourth-order valence-corrected chi connectivity index (χ4v) is 3.51. The second kappa shape index (κ2) is 9.35. The Kier molecular flexibility index (Phi) is 6.63.